The molecular formula is C21H30O8. The molecule has 0 aliphatic carbocycles. The van der Waals surface area contributed by atoms with E-state index in [9.17, 15) is 24.9 Å². The van der Waals surface area contributed by atoms with E-state index < -0.39 is 75.1 Å². The first kappa shape index (κ1) is 15.8. The number of aliphatic hydroxyl groups excluding tert-OH is 3. The summed E-state index contributed by atoms with van der Waals surface area (Å²) in [6.07, 6.45) is -10.7. The number of benzene rings is 1. The summed E-state index contributed by atoms with van der Waals surface area (Å²) < 4.78 is 59.4. The van der Waals surface area contributed by atoms with E-state index in [1.54, 1.807) is 30.3 Å². The molecule has 3 N–H and O–H groups in total. The number of esters is 2. The molecule has 29 heavy (non-hydrogen) atoms. The molecule has 0 radical (unpaired) electrons. The summed E-state index contributed by atoms with van der Waals surface area (Å²) in [6, 6.07) is 8.58. The van der Waals surface area contributed by atoms with Crippen LogP contribution < -0.4 is 0 Å². The van der Waals surface area contributed by atoms with E-state index >= 15 is 0 Å². The molecule has 162 valence electrons. The molecule has 0 amide bonds. The Bertz CT molecular complexity index is 813. The number of rotatable bonds is 9. The van der Waals surface area contributed by atoms with Crippen LogP contribution >= 0.6 is 0 Å². The zero-order valence-corrected chi connectivity index (χ0v) is 15.8. The Hall–Kier alpha value is -2.00. The number of hydrogen-bond acceptors (Lipinski definition) is 8. The Morgan fingerprint density at radius 1 is 1.07 bits per heavy atom. The van der Waals surface area contributed by atoms with Crippen molar-refractivity contribution < 1.29 is 47.3 Å². The molecule has 0 bridgehead atoms. The van der Waals surface area contributed by atoms with Gasteiger partial charge in [0, 0.05) is 8.22 Å². The first-order chi connectivity index (χ1) is 16.2. The Labute approximate surface area is 178 Å². The first-order valence-electron chi connectivity index (χ1n) is 12.3. The Morgan fingerprint density at radius 2 is 1.72 bits per heavy atom. The minimum atomic E-state index is -2.37. The van der Waals surface area contributed by atoms with Crippen molar-refractivity contribution in [3.05, 3.63) is 35.9 Å². The van der Waals surface area contributed by atoms with Crippen molar-refractivity contribution >= 4 is 11.9 Å². The van der Waals surface area contributed by atoms with Crippen LogP contribution in [-0.4, -0.2) is 58.0 Å². The third-order valence-electron chi connectivity index (χ3n) is 4.58. The summed E-state index contributed by atoms with van der Waals surface area (Å²) in [4.78, 5) is 25.2. The van der Waals surface area contributed by atoms with Crippen LogP contribution in [0.15, 0.2) is 30.3 Å². The summed E-state index contributed by atoms with van der Waals surface area (Å²) in [6.45, 7) is -4.90. The zero-order valence-electron chi connectivity index (χ0n) is 21.8. The summed E-state index contributed by atoms with van der Waals surface area (Å²) in [5, 5.41) is 30.6. The van der Waals surface area contributed by atoms with E-state index in [0.717, 1.165) is 0 Å². The second-order valence-corrected chi connectivity index (χ2v) is 6.70. The summed E-state index contributed by atoms with van der Waals surface area (Å²) in [7, 11) is 0. The topological polar surface area (TPSA) is 123 Å². The second-order valence-electron chi connectivity index (χ2n) is 6.70. The van der Waals surface area contributed by atoms with E-state index in [1.165, 1.54) is 0 Å². The normalized spacial score (nSPS) is 30.8. The smallest absolute Gasteiger partial charge is 0.338 e. The van der Waals surface area contributed by atoms with Crippen molar-refractivity contribution in [1.29, 1.82) is 0 Å². The van der Waals surface area contributed by atoms with E-state index in [0.29, 0.717) is 5.56 Å². The molecule has 8 nitrogen and oxygen atoms in total. The summed E-state index contributed by atoms with van der Waals surface area (Å²) in [5.74, 6) is -3.30. The van der Waals surface area contributed by atoms with Crippen LogP contribution in [0.2, 0.25) is 0 Å². The van der Waals surface area contributed by atoms with E-state index in [1.807, 2.05) is 0 Å². The third kappa shape index (κ3) is 6.24. The van der Waals surface area contributed by atoms with E-state index in [-0.39, 0.29) is 19.4 Å². The van der Waals surface area contributed by atoms with Crippen LogP contribution in [0.4, 0.5) is 0 Å². The van der Waals surface area contributed by atoms with Crippen molar-refractivity contribution in [3.63, 3.8) is 0 Å². The number of carbonyl (C=O) groups excluding carboxylic acids is 2. The molecule has 1 aliphatic rings. The highest BCUT2D eigenvalue weighted by atomic mass is 16.7. The van der Waals surface area contributed by atoms with Crippen molar-refractivity contribution in [2.45, 2.75) is 76.7 Å². The van der Waals surface area contributed by atoms with Gasteiger partial charge in [-0.25, -0.2) is 4.79 Å². The summed E-state index contributed by atoms with van der Waals surface area (Å²) >= 11 is 0. The monoisotopic (exact) mass is 416 g/mol. The van der Waals surface area contributed by atoms with Gasteiger partial charge >= 0.3 is 11.9 Å². The molecule has 5 atom stereocenters. The molecule has 1 aromatic rings. The highest BCUT2D eigenvalue weighted by molar-refractivity contribution is 5.76. The lowest BCUT2D eigenvalue weighted by Crippen LogP contribution is -2.61. The van der Waals surface area contributed by atoms with Crippen LogP contribution in [0, 0.1) is 5.92 Å². The van der Waals surface area contributed by atoms with Crippen molar-refractivity contribution in [3.8, 4) is 0 Å². The van der Waals surface area contributed by atoms with Gasteiger partial charge in [-0.05, 0) is 18.4 Å². The highest BCUT2D eigenvalue weighted by Crippen LogP contribution is 2.25. The molecule has 0 saturated carbocycles. The molecule has 1 saturated heterocycles. The van der Waals surface area contributed by atoms with Gasteiger partial charge in [-0.1, -0.05) is 56.9 Å². The van der Waals surface area contributed by atoms with Gasteiger partial charge in [-0.15, -0.1) is 0 Å². The minimum absolute atomic E-state index is 0.165. The first-order valence-corrected chi connectivity index (χ1v) is 9.29. The molecule has 0 spiro atoms. The predicted octanol–water partition coefficient (Wildman–Crippen LogP) is 1.30. The fourth-order valence-corrected chi connectivity index (χ4v) is 2.89. The van der Waals surface area contributed by atoms with Gasteiger partial charge in [-0.2, -0.15) is 0 Å². The van der Waals surface area contributed by atoms with Crippen molar-refractivity contribution in [2.24, 2.45) is 5.92 Å². The maximum atomic E-state index is 12.7. The molecule has 1 aliphatic heterocycles. The Balaban J connectivity index is 2.07. The van der Waals surface area contributed by atoms with Gasteiger partial charge in [0.25, 0.3) is 0 Å². The second kappa shape index (κ2) is 11.3. The number of aliphatic hydroxyl groups is 3. The largest absolute Gasteiger partial charge is 0.459 e. The molecule has 1 heterocycles. The maximum Gasteiger partial charge on any atom is 0.338 e. The lowest BCUT2D eigenvalue weighted by molar-refractivity contribution is -0.288. The van der Waals surface area contributed by atoms with Gasteiger partial charge in [-0.3, -0.25) is 4.79 Å². The van der Waals surface area contributed by atoms with Crippen LogP contribution in [-0.2, 0) is 30.4 Å². The Kier molecular flexibility index (Phi) is 6.13. The van der Waals surface area contributed by atoms with Crippen LogP contribution in [0.25, 0.3) is 0 Å². The molecule has 0 unspecified atom stereocenters. The maximum absolute atomic E-state index is 12.7. The fourth-order valence-electron chi connectivity index (χ4n) is 2.89. The van der Waals surface area contributed by atoms with Gasteiger partial charge in [0.1, 0.15) is 24.9 Å². The minimum Gasteiger partial charge on any atom is -0.459 e. The zero-order chi connectivity index (χ0) is 26.4. The average molecular weight is 416 g/mol. The SMILES string of the molecule is [2H]C([2H])([2H])CCC(CCC([2H])([2H])[2H])C(=O)O[C@@H]1O[C@H](C(=O)OCc2ccccc2)[C@@H](O)[C@H](O)[C@H]1O. The lowest BCUT2D eigenvalue weighted by Gasteiger charge is -2.39. The number of carbonyl (C=O) groups is 2. The third-order valence-corrected chi connectivity index (χ3v) is 4.58. The molecular weight excluding hydrogens is 380 g/mol. The average Bonchev–Trinajstić information content (AvgIpc) is 2.77. The standard InChI is InChI=1S/C21H30O8/c1-3-8-14(9-4-2)19(25)29-21-17(24)15(22)16(23)18(28-21)20(26)27-12-13-10-6-5-7-11-13/h5-7,10-11,14-18,21-24H,3-4,8-9,12H2,1-2H3/t15-,16-,17+,18-,21-/m0/s1/i1D3,2D3. The predicted molar refractivity (Wildman–Crippen MR) is 102 cm³/mol. The quantitative estimate of drug-likeness (QED) is 0.515. The fraction of sp³-hybridized carbons (Fsp3) is 0.619. The van der Waals surface area contributed by atoms with Crippen LogP contribution in [0.3, 0.4) is 0 Å². The molecule has 2 rings (SSSR count). The summed E-state index contributed by atoms with van der Waals surface area (Å²) in [5.41, 5.74) is 0.640. The molecule has 8 heteroatoms. The van der Waals surface area contributed by atoms with E-state index in [2.05, 4.69) is 0 Å². The highest BCUT2D eigenvalue weighted by Gasteiger charge is 2.49. The Morgan fingerprint density at radius 3 is 2.34 bits per heavy atom. The van der Waals surface area contributed by atoms with Crippen molar-refractivity contribution in [1.82, 2.24) is 0 Å². The van der Waals surface area contributed by atoms with Crippen molar-refractivity contribution in [2.75, 3.05) is 0 Å². The van der Waals surface area contributed by atoms with E-state index in [4.69, 9.17) is 22.4 Å². The molecule has 1 aromatic carbocycles. The molecule has 1 fully saturated rings. The van der Waals surface area contributed by atoms with Gasteiger partial charge in [0.15, 0.2) is 6.10 Å². The number of ether oxygens (including phenoxy) is 3. The molecule has 0 aromatic heterocycles. The van der Waals surface area contributed by atoms with Crippen LogP contribution in [0.1, 0.15) is 53.2 Å². The van der Waals surface area contributed by atoms with Gasteiger partial charge in [0.05, 0.1) is 5.92 Å². The number of hydrogen-bond donors (Lipinski definition) is 3. The van der Waals surface area contributed by atoms with Crippen LogP contribution in [0.5, 0.6) is 0 Å². The lowest BCUT2D eigenvalue weighted by atomic mass is 9.97. The van der Waals surface area contributed by atoms with Gasteiger partial charge < -0.3 is 29.5 Å². The van der Waals surface area contributed by atoms with Gasteiger partial charge in [0.2, 0.25) is 6.29 Å².